The van der Waals surface area contributed by atoms with E-state index in [4.69, 9.17) is 23.2 Å². The molecule has 138 valence electrons. The van der Waals surface area contributed by atoms with Gasteiger partial charge in [-0.3, -0.25) is 4.79 Å². The molecule has 5 nitrogen and oxygen atoms in total. The van der Waals surface area contributed by atoms with Gasteiger partial charge < -0.3 is 20.4 Å². The van der Waals surface area contributed by atoms with E-state index in [-0.39, 0.29) is 28.5 Å². The molecule has 0 aromatic heterocycles. The number of carbonyl (C=O) groups is 1. The van der Waals surface area contributed by atoms with Gasteiger partial charge in [0.05, 0.1) is 22.1 Å². The molecule has 2 aliphatic rings. The maximum Gasteiger partial charge on any atom is 0.227 e. The van der Waals surface area contributed by atoms with Crippen LogP contribution >= 0.6 is 23.2 Å². The van der Waals surface area contributed by atoms with Gasteiger partial charge in [0.2, 0.25) is 5.91 Å². The summed E-state index contributed by atoms with van der Waals surface area (Å²) >= 11 is 12.2. The predicted octanol–water partition coefficient (Wildman–Crippen LogP) is 2.97. The highest BCUT2D eigenvalue weighted by atomic mass is 35.5. The first-order valence-corrected chi connectivity index (χ1v) is 9.59. The molecule has 0 aliphatic carbocycles. The number of rotatable bonds is 3. The van der Waals surface area contributed by atoms with E-state index in [1.165, 1.54) is 12.1 Å². The van der Waals surface area contributed by atoms with Crippen LogP contribution in [0.3, 0.4) is 0 Å². The zero-order chi connectivity index (χ0) is 18.0. The van der Waals surface area contributed by atoms with Gasteiger partial charge in [0, 0.05) is 25.2 Å². The van der Waals surface area contributed by atoms with Gasteiger partial charge in [-0.15, -0.1) is 0 Å². The molecule has 0 spiro atoms. The van der Waals surface area contributed by atoms with Gasteiger partial charge in [0.25, 0.3) is 0 Å². The van der Waals surface area contributed by atoms with Crippen molar-refractivity contribution in [3.05, 3.63) is 27.7 Å². The second-order valence-corrected chi connectivity index (χ2v) is 7.73. The summed E-state index contributed by atoms with van der Waals surface area (Å²) < 4.78 is 0. The highest BCUT2D eigenvalue weighted by molar-refractivity contribution is 6.42. The fourth-order valence-corrected chi connectivity index (χ4v) is 4.29. The lowest BCUT2D eigenvalue weighted by molar-refractivity contribution is -0.134. The Kier molecular flexibility index (Phi) is 6.10. The topological polar surface area (TPSA) is 72.8 Å². The molecule has 1 aromatic carbocycles. The summed E-state index contributed by atoms with van der Waals surface area (Å²) in [4.78, 5) is 14.5. The van der Waals surface area contributed by atoms with Crippen LogP contribution in [0.5, 0.6) is 5.75 Å². The van der Waals surface area contributed by atoms with Crippen LogP contribution in [0.1, 0.15) is 37.4 Å². The first-order chi connectivity index (χ1) is 12.0. The largest absolute Gasteiger partial charge is 0.508 e. The molecule has 1 aromatic rings. The van der Waals surface area contributed by atoms with Crippen LogP contribution in [0.2, 0.25) is 10.0 Å². The molecule has 2 heterocycles. The lowest BCUT2D eigenvalue weighted by atomic mass is 9.89. The molecule has 1 amide bonds. The van der Waals surface area contributed by atoms with Crippen molar-refractivity contribution >= 4 is 29.1 Å². The van der Waals surface area contributed by atoms with Crippen LogP contribution in [0.15, 0.2) is 12.1 Å². The molecule has 7 heteroatoms. The zero-order valence-electron chi connectivity index (χ0n) is 14.0. The number of carbonyl (C=O) groups excluding carboxylic acids is 1. The Morgan fingerprint density at radius 3 is 2.76 bits per heavy atom. The van der Waals surface area contributed by atoms with Gasteiger partial charge in [-0.05, 0) is 50.3 Å². The van der Waals surface area contributed by atoms with Gasteiger partial charge in [-0.25, -0.2) is 0 Å². The lowest BCUT2D eigenvalue weighted by Crippen LogP contribution is -2.37. The number of hydrogen-bond acceptors (Lipinski definition) is 4. The number of aliphatic hydroxyl groups excluding tert-OH is 1. The number of aromatic hydroxyl groups is 1. The fraction of sp³-hybridized carbons (Fsp3) is 0.611. The third-order valence-corrected chi connectivity index (χ3v) is 6.16. The number of likely N-dealkylation sites (tertiary alicyclic amines) is 1. The highest BCUT2D eigenvalue weighted by Gasteiger charge is 2.32. The number of phenols is 1. The lowest BCUT2D eigenvalue weighted by Gasteiger charge is -2.25. The minimum absolute atomic E-state index is 0.0453. The van der Waals surface area contributed by atoms with E-state index in [2.05, 4.69) is 5.32 Å². The first kappa shape index (κ1) is 18.8. The molecular formula is C18H24Cl2N2O3. The van der Waals surface area contributed by atoms with Crippen molar-refractivity contribution in [1.29, 1.82) is 0 Å². The van der Waals surface area contributed by atoms with E-state index >= 15 is 0 Å². The SMILES string of the molecule is O=C([C@H]1CCNC1)N1CCCC(C(O)c2c(O)ccc(Cl)c2Cl)CC1. The van der Waals surface area contributed by atoms with E-state index in [1.807, 2.05) is 4.90 Å². The summed E-state index contributed by atoms with van der Waals surface area (Å²) in [5, 5.41) is 24.6. The van der Waals surface area contributed by atoms with Crippen LogP contribution in [0.25, 0.3) is 0 Å². The average Bonchev–Trinajstić information content (AvgIpc) is 3.02. The highest BCUT2D eigenvalue weighted by Crippen LogP contribution is 2.41. The van der Waals surface area contributed by atoms with Crippen LogP contribution in [0, 0.1) is 11.8 Å². The second kappa shape index (κ2) is 8.12. The summed E-state index contributed by atoms with van der Waals surface area (Å²) in [6.07, 6.45) is 2.28. The maximum atomic E-state index is 12.6. The molecular weight excluding hydrogens is 363 g/mol. The second-order valence-electron chi connectivity index (χ2n) is 6.94. The Labute approximate surface area is 157 Å². The third kappa shape index (κ3) is 4.05. The van der Waals surface area contributed by atoms with Gasteiger partial charge in [0.1, 0.15) is 5.75 Å². The average molecular weight is 387 g/mol. The van der Waals surface area contributed by atoms with E-state index in [0.29, 0.717) is 30.1 Å². The maximum absolute atomic E-state index is 12.6. The number of phenolic OH excluding ortho intramolecular Hbond substituents is 1. The molecule has 2 aliphatic heterocycles. The van der Waals surface area contributed by atoms with Gasteiger partial charge in [-0.2, -0.15) is 0 Å². The van der Waals surface area contributed by atoms with Crippen molar-refractivity contribution in [3.8, 4) is 5.75 Å². The number of halogens is 2. The monoisotopic (exact) mass is 386 g/mol. The Morgan fingerprint density at radius 2 is 2.04 bits per heavy atom. The van der Waals surface area contributed by atoms with Crippen molar-refractivity contribution in [2.24, 2.45) is 11.8 Å². The van der Waals surface area contributed by atoms with Crippen LogP contribution < -0.4 is 5.32 Å². The molecule has 2 unspecified atom stereocenters. The predicted molar refractivity (Wildman–Crippen MR) is 98.0 cm³/mol. The van der Waals surface area contributed by atoms with E-state index < -0.39 is 6.10 Å². The van der Waals surface area contributed by atoms with Gasteiger partial charge in [-0.1, -0.05) is 23.2 Å². The molecule has 2 saturated heterocycles. The van der Waals surface area contributed by atoms with Crippen molar-refractivity contribution < 1.29 is 15.0 Å². The zero-order valence-corrected chi connectivity index (χ0v) is 15.6. The fourth-order valence-electron chi connectivity index (χ4n) is 3.86. The standard InChI is InChI=1S/C18H24Cl2N2O3/c19-13-3-4-14(23)15(16(13)20)17(24)11-2-1-8-22(9-6-11)18(25)12-5-7-21-10-12/h3-4,11-12,17,21,23-24H,1-2,5-10H2/t11?,12-,17?/m0/s1. The number of benzene rings is 1. The molecule has 25 heavy (non-hydrogen) atoms. The van der Waals surface area contributed by atoms with Gasteiger partial charge >= 0.3 is 0 Å². The number of amides is 1. The van der Waals surface area contributed by atoms with Crippen molar-refractivity contribution in [1.82, 2.24) is 10.2 Å². The molecule has 3 N–H and O–H groups in total. The van der Waals surface area contributed by atoms with E-state index in [9.17, 15) is 15.0 Å². The summed E-state index contributed by atoms with van der Waals surface area (Å²) in [5.41, 5.74) is 0.291. The van der Waals surface area contributed by atoms with Crippen LogP contribution in [-0.4, -0.2) is 47.2 Å². The van der Waals surface area contributed by atoms with Crippen molar-refractivity contribution in [3.63, 3.8) is 0 Å². The van der Waals surface area contributed by atoms with Crippen LogP contribution in [-0.2, 0) is 4.79 Å². The van der Waals surface area contributed by atoms with E-state index in [0.717, 1.165) is 32.4 Å². The molecule has 0 radical (unpaired) electrons. The van der Waals surface area contributed by atoms with Crippen molar-refractivity contribution in [2.75, 3.05) is 26.2 Å². The third-order valence-electron chi connectivity index (χ3n) is 5.35. The number of hydrogen-bond donors (Lipinski definition) is 3. The Morgan fingerprint density at radius 1 is 1.24 bits per heavy atom. The summed E-state index contributed by atoms with van der Waals surface area (Å²) in [5.74, 6) is 0.175. The van der Waals surface area contributed by atoms with E-state index in [1.54, 1.807) is 0 Å². The normalized spacial score (nSPS) is 25.6. The number of nitrogens with one attached hydrogen (secondary N) is 1. The summed E-state index contributed by atoms with van der Waals surface area (Å²) in [7, 11) is 0. The molecule has 3 atom stereocenters. The molecule has 2 fully saturated rings. The Bertz CT molecular complexity index is 635. The summed E-state index contributed by atoms with van der Waals surface area (Å²) in [6.45, 7) is 3.00. The Balaban J connectivity index is 1.68. The number of aliphatic hydroxyl groups is 1. The first-order valence-electron chi connectivity index (χ1n) is 8.83. The van der Waals surface area contributed by atoms with Crippen molar-refractivity contribution in [2.45, 2.75) is 31.8 Å². The quantitative estimate of drug-likeness (QED) is 0.746. The van der Waals surface area contributed by atoms with Gasteiger partial charge in [0.15, 0.2) is 0 Å². The number of nitrogens with zero attached hydrogens (tertiary/aromatic N) is 1. The molecule has 0 saturated carbocycles. The smallest absolute Gasteiger partial charge is 0.227 e. The molecule has 3 rings (SSSR count). The minimum atomic E-state index is -0.894. The summed E-state index contributed by atoms with van der Waals surface area (Å²) in [6, 6.07) is 2.96. The minimum Gasteiger partial charge on any atom is -0.508 e. The molecule has 0 bridgehead atoms. The Hall–Kier alpha value is -1.01. The van der Waals surface area contributed by atoms with Crippen LogP contribution in [0.4, 0.5) is 0 Å².